The molecule has 2 rings (SSSR count). The highest BCUT2D eigenvalue weighted by Gasteiger charge is 2.10. The first-order chi connectivity index (χ1) is 9.15. The van der Waals surface area contributed by atoms with Crippen molar-refractivity contribution in [2.24, 2.45) is 0 Å². The second kappa shape index (κ2) is 6.77. The zero-order valence-electron chi connectivity index (χ0n) is 10.5. The molecule has 1 N–H and O–H groups in total. The van der Waals surface area contributed by atoms with Gasteiger partial charge in [0, 0.05) is 34.7 Å². The van der Waals surface area contributed by atoms with Crippen molar-refractivity contribution < 1.29 is 4.79 Å². The lowest BCUT2D eigenvalue weighted by Gasteiger charge is -2.15. The van der Waals surface area contributed by atoms with E-state index < -0.39 is 0 Å². The molecule has 0 unspecified atom stereocenters. The van der Waals surface area contributed by atoms with E-state index in [2.05, 4.69) is 26.1 Å². The van der Waals surface area contributed by atoms with Crippen LogP contribution < -0.4 is 0 Å². The van der Waals surface area contributed by atoms with Crippen LogP contribution in [0.15, 0.2) is 46.0 Å². The molecule has 19 heavy (non-hydrogen) atoms. The van der Waals surface area contributed by atoms with Crippen molar-refractivity contribution in [3.63, 3.8) is 0 Å². The molecule has 1 heterocycles. The van der Waals surface area contributed by atoms with E-state index in [1.807, 2.05) is 24.3 Å². The fraction of sp³-hybridized carbons (Fsp3) is 0.231. The van der Waals surface area contributed by atoms with Gasteiger partial charge in [0.05, 0.1) is 11.9 Å². The lowest BCUT2D eigenvalue weighted by atomic mass is 10.3. The Kier molecular flexibility index (Phi) is 5.04. The maximum absolute atomic E-state index is 12.0. The zero-order chi connectivity index (χ0) is 13.7. The molecule has 0 fully saturated rings. The number of hydrogen-bond donors (Lipinski definition) is 1. The number of aromatic amines is 1. The minimum Gasteiger partial charge on any atom is -0.341 e. The first-order valence-electron chi connectivity index (χ1n) is 5.75. The summed E-state index contributed by atoms with van der Waals surface area (Å²) in [6.45, 7) is 0.580. The van der Waals surface area contributed by atoms with Crippen molar-refractivity contribution >= 4 is 33.6 Å². The van der Waals surface area contributed by atoms with E-state index in [1.54, 1.807) is 36.1 Å². The first kappa shape index (κ1) is 14.1. The quantitative estimate of drug-likeness (QED) is 0.852. The predicted octanol–water partition coefficient (Wildman–Crippen LogP) is 2.92. The van der Waals surface area contributed by atoms with Gasteiger partial charge in [0.1, 0.15) is 0 Å². The Morgan fingerprint density at radius 2 is 2.16 bits per heavy atom. The van der Waals surface area contributed by atoms with Gasteiger partial charge in [-0.2, -0.15) is 5.10 Å². The second-order valence-corrected chi connectivity index (χ2v) is 6.06. The normalized spacial score (nSPS) is 10.4. The van der Waals surface area contributed by atoms with E-state index in [4.69, 9.17) is 0 Å². The summed E-state index contributed by atoms with van der Waals surface area (Å²) in [5.74, 6) is 0.546. The standard InChI is InChI=1S/C13H14BrN3OS/c1-17(8-10-6-15-16-7-10)13(18)9-19-12-4-2-11(14)3-5-12/h2-7H,8-9H2,1H3,(H,15,16). The van der Waals surface area contributed by atoms with Crippen molar-refractivity contribution in [3.05, 3.63) is 46.7 Å². The van der Waals surface area contributed by atoms with E-state index in [1.165, 1.54) is 0 Å². The van der Waals surface area contributed by atoms with E-state index in [9.17, 15) is 4.79 Å². The van der Waals surface area contributed by atoms with E-state index in [-0.39, 0.29) is 5.91 Å². The number of halogens is 1. The van der Waals surface area contributed by atoms with Gasteiger partial charge in [0.15, 0.2) is 0 Å². The lowest BCUT2D eigenvalue weighted by molar-refractivity contribution is -0.127. The van der Waals surface area contributed by atoms with Gasteiger partial charge in [-0.3, -0.25) is 9.89 Å². The Morgan fingerprint density at radius 1 is 1.42 bits per heavy atom. The highest BCUT2D eigenvalue weighted by Crippen LogP contribution is 2.20. The van der Waals surface area contributed by atoms with Crippen molar-refractivity contribution in [1.29, 1.82) is 0 Å². The third kappa shape index (κ3) is 4.40. The predicted molar refractivity (Wildman–Crippen MR) is 79.9 cm³/mol. The molecule has 0 saturated heterocycles. The van der Waals surface area contributed by atoms with Crippen LogP contribution in [-0.2, 0) is 11.3 Å². The summed E-state index contributed by atoms with van der Waals surface area (Å²) in [7, 11) is 1.80. The molecule has 0 saturated carbocycles. The third-order valence-electron chi connectivity index (χ3n) is 2.58. The molecule has 0 radical (unpaired) electrons. The molecular formula is C13H14BrN3OS. The van der Waals surface area contributed by atoms with Crippen LogP contribution in [0.1, 0.15) is 5.56 Å². The van der Waals surface area contributed by atoms with Crippen molar-refractivity contribution in [2.75, 3.05) is 12.8 Å². The summed E-state index contributed by atoms with van der Waals surface area (Å²) in [5, 5.41) is 6.60. The van der Waals surface area contributed by atoms with Gasteiger partial charge in [0.2, 0.25) is 5.91 Å². The van der Waals surface area contributed by atoms with Crippen molar-refractivity contribution in [3.8, 4) is 0 Å². The van der Waals surface area contributed by atoms with Gasteiger partial charge in [-0.15, -0.1) is 11.8 Å². The molecule has 0 spiro atoms. The Hall–Kier alpha value is -1.27. The average molecular weight is 340 g/mol. The molecule has 100 valence electrons. The minimum absolute atomic E-state index is 0.106. The van der Waals surface area contributed by atoms with Crippen molar-refractivity contribution in [2.45, 2.75) is 11.4 Å². The molecule has 1 aromatic heterocycles. The monoisotopic (exact) mass is 339 g/mol. The Morgan fingerprint density at radius 3 is 2.79 bits per heavy atom. The fourth-order valence-electron chi connectivity index (χ4n) is 1.51. The van der Waals surface area contributed by atoms with E-state index in [0.29, 0.717) is 12.3 Å². The highest BCUT2D eigenvalue weighted by molar-refractivity contribution is 9.10. The lowest BCUT2D eigenvalue weighted by Crippen LogP contribution is -2.27. The number of rotatable bonds is 5. The summed E-state index contributed by atoms with van der Waals surface area (Å²) in [4.78, 5) is 14.8. The molecule has 0 aliphatic heterocycles. The summed E-state index contributed by atoms with van der Waals surface area (Å²) < 4.78 is 1.04. The van der Waals surface area contributed by atoms with Gasteiger partial charge in [-0.25, -0.2) is 0 Å². The number of carbonyl (C=O) groups is 1. The second-order valence-electron chi connectivity index (χ2n) is 4.10. The molecule has 0 bridgehead atoms. The molecule has 2 aromatic rings. The molecule has 0 aliphatic rings. The molecule has 6 heteroatoms. The van der Waals surface area contributed by atoms with Crippen LogP contribution in [0.25, 0.3) is 0 Å². The number of nitrogens with zero attached hydrogens (tertiary/aromatic N) is 2. The Balaban J connectivity index is 1.82. The van der Waals surface area contributed by atoms with Gasteiger partial charge in [-0.1, -0.05) is 15.9 Å². The Labute approximate surface area is 124 Å². The first-order valence-corrected chi connectivity index (χ1v) is 7.53. The van der Waals surface area contributed by atoms with Gasteiger partial charge in [-0.05, 0) is 24.3 Å². The maximum atomic E-state index is 12.0. The average Bonchev–Trinajstić information content (AvgIpc) is 2.90. The van der Waals surface area contributed by atoms with Crippen LogP contribution in [-0.4, -0.2) is 33.8 Å². The molecule has 1 aromatic carbocycles. The minimum atomic E-state index is 0.106. The van der Waals surface area contributed by atoms with Crippen LogP contribution in [0.4, 0.5) is 0 Å². The van der Waals surface area contributed by atoms with Gasteiger partial charge in [0.25, 0.3) is 0 Å². The largest absolute Gasteiger partial charge is 0.341 e. The van der Waals surface area contributed by atoms with Gasteiger partial charge < -0.3 is 4.90 Å². The zero-order valence-corrected chi connectivity index (χ0v) is 12.9. The van der Waals surface area contributed by atoms with Gasteiger partial charge >= 0.3 is 0 Å². The highest BCUT2D eigenvalue weighted by atomic mass is 79.9. The number of amides is 1. The van der Waals surface area contributed by atoms with Crippen LogP contribution in [0.2, 0.25) is 0 Å². The molecule has 1 amide bonds. The number of H-pyrrole nitrogens is 1. The number of hydrogen-bond acceptors (Lipinski definition) is 3. The topological polar surface area (TPSA) is 49.0 Å². The summed E-state index contributed by atoms with van der Waals surface area (Å²) in [6.07, 6.45) is 3.53. The maximum Gasteiger partial charge on any atom is 0.232 e. The number of thioether (sulfide) groups is 1. The van der Waals surface area contributed by atoms with Crippen LogP contribution >= 0.6 is 27.7 Å². The van der Waals surface area contributed by atoms with Crippen molar-refractivity contribution in [1.82, 2.24) is 15.1 Å². The third-order valence-corrected chi connectivity index (χ3v) is 4.10. The molecule has 0 aliphatic carbocycles. The summed E-state index contributed by atoms with van der Waals surface area (Å²) in [5.41, 5.74) is 1.00. The SMILES string of the molecule is CN(Cc1cn[nH]c1)C(=O)CSc1ccc(Br)cc1. The number of aromatic nitrogens is 2. The summed E-state index contributed by atoms with van der Waals surface area (Å²) in [6, 6.07) is 7.94. The van der Waals surface area contributed by atoms with E-state index >= 15 is 0 Å². The summed E-state index contributed by atoms with van der Waals surface area (Å²) >= 11 is 4.93. The van der Waals surface area contributed by atoms with Crippen LogP contribution in [0, 0.1) is 0 Å². The van der Waals surface area contributed by atoms with E-state index in [0.717, 1.165) is 14.9 Å². The molecular weight excluding hydrogens is 326 g/mol. The van der Waals surface area contributed by atoms with Crippen LogP contribution in [0.3, 0.4) is 0 Å². The number of benzene rings is 1. The molecule has 0 atom stereocenters. The Bertz CT molecular complexity index is 527. The van der Waals surface area contributed by atoms with Crippen LogP contribution in [0.5, 0.6) is 0 Å². The molecule has 4 nitrogen and oxygen atoms in total. The number of nitrogens with one attached hydrogen (secondary N) is 1. The smallest absolute Gasteiger partial charge is 0.232 e. The fourth-order valence-corrected chi connectivity index (χ4v) is 2.62. The number of carbonyl (C=O) groups excluding carboxylic acids is 1.